The zero-order valence-electron chi connectivity index (χ0n) is 27.8. The highest BCUT2D eigenvalue weighted by molar-refractivity contribution is 8.00. The van der Waals surface area contributed by atoms with Crippen molar-refractivity contribution in [1.82, 2.24) is 15.3 Å². The van der Waals surface area contributed by atoms with E-state index in [0.717, 1.165) is 60.9 Å². The summed E-state index contributed by atoms with van der Waals surface area (Å²) in [4.78, 5) is 13.0. The number of hydrogen-bond donors (Lipinski definition) is 3. The van der Waals surface area contributed by atoms with Crippen LogP contribution in [-0.2, 0) is 0 Å². The van der Waals surface area contributed by atoms with E-state index in [1.807, 2.05) is 38.0 Å². The van der Waals surface area contributed by atoms with E-state index in [1.54, 1.807) is 0 Å². The van der Waals surface area contributed by atoms with Gasteiger partial charge in [-0.3, -0.25) is 0 Å². The second-order valence-electron chi connectivity index (χ2n) is 13.7. The number of nitrogens with one attached hydrogen (secondary N) is 2. The van der Waals surface area contributed by atoms with Crippen LogP contribution >= 0.6 is 11.8 Å². The van der Waals surface area contributed by atoms with Gasteiger partial charge in [-0.05, 0) is 93.2 Å². The van der Waals surface area contributed by atoms with Crippen molar-refractivity contribution in [2.75, 3.05) is 30.9 Å². The highest BCUT2D eigenvalue weighted by Gasteiger charge is 2.25. The van der Waals surface area contributed by atoms with Crippen LogP contribution in [0.2, 0.25) is 0 Å². The van der Waals surface area contributed by atoms with Gasteiger partial charge in [-0.1, -0.05) is 73.4 Å². The van der Waals surface area contributed by atoms with Crippen LogP contribution in [-0.4, -0.2) is 53.0 Å². The van der Waals surface area contributed by atoms with Gasteiger partial charge >= 0.3 is 0 Å². The largest absolute Gasteiger partial charge is 0.388 e. The standard InChI is InChI=1S/C39H51N5OS/c1-27-13-23-33(24-14-27)46-34(25-37(45)30-17-15-29(16-18-30)28-9-5-4-6-10-28)26-40-31-19-21-32(22-20-31)41-39-42-36-12-8-7-11-35(36)38(43-39)44(2)3/h7-8,11-18,23-24,28,31-32,34,37,40,45H,4-6,9-10,19-22,25-26H2,1-3H3,(H,41,42,43). The van der Waals surface area contributed by atoms with Crippen molar-refractivity contribution >= 4 is 34.4 Å². The van der Waals surface area contributed by atoms with Gasteiger partial charge in [-0.15, -0.1) is 11.8 Å². The molecule has 2 atom stereocenters. The molecule has 0 radical (unpaired) electrons. The van der Waals surface area contributed by atoms with Crippen LogP contribution in [0.1, 0.15) is 92.9 Å². The Morgan fingerprint density at radius 1 is 0.826 bits per heavy atom. The predicted molar refractivity (Wildman–Crippen MR) is 194 cm³/mol. The molecule has 1 aromatic heterocycles. The number of aromatic nitrogens is 2. The number of aryl methyl sites for hydroxylation is 1. The maximum absolute atomic E-state index is 11.4. The van der Waals surface area contributed by atoms with Crippen LogP contribution in [0.3, 0.4) is 0 Å². The Balaban J connectivity index is 1.04. The van der Waals surface area contributed by atoms with Crippen LogP contribution in [0.25, 0.3) is 10.9 Å². The third-order valence-electron chi connectivity index (χ3n) is 9.91. The number of aliphatic hydroxyl groups excluding tert-OH is 1. The number of nitrogens with zero attached hydrogens (tertiary/aromatic N) is 3. The van der Waals surface area contributed by atoms with Gasteiger partial charge in [-0.2, -0.15) is 4.98 Å². The molecule has 6 rings (SSSR count). The van der Waals surface area contributed by atoms with Crippen molar-refractivity contribution in [1.29, 1.82) is 0 Å². The third-order valence-corrected chi connectivity index (χ3v) is 11.1. The number of benzene rings is 3. The van der Waals surface area contributed by atoms with Gasteiger partial charge < -0.3 is 20.6 Å². The Hall–Kier alpha value is -3.13. The number of anilines is 2. The van der Waals surface area contributed by atoms with Gasteiger partial charge in [0.25, 0.3) is 0 Å². The highest BCUT2D eigenvalue weighted by atomic mass is 32.2. The third kappa shape index (κ3) is 8.61. The molecule has 3 N–H and O–H groups in total. The van der Waals surface area contributed by atoms with Crippen molar-refractivity contribution in [3.05, 3.63) is 89.5 Å². The first-order valence-electron chi connectivity index (χ1n) is 17.4. The fourth-order valence-corrected chi connectivity index (χ4v) is 8.32. The van der Waals surface area contributed by atoms with E-state index < -0.39 is 6.10 Å². The molecule has 4 aromatic rings. The molecule has 244 valence electrons. The summed E-state index contributed by atoms with van der Waals surface area (Å²) in [5.41, 5.74) is 4.72. The van der Waals surface area contributed by atoms with Crippen LogP contribution in [0.4, 0.5) is 11.8 Å². The smallest absolute Gasteiger partial charge is 0.225 e. The topological polar surface area (TPSA) is 73.3 Å². The first-order valence-corrected chi connectivity index (χ1v) is 18.2. The molecule has 3 aromatic carbocycles. The second-order valence-corrected chi connectivity index (χ2v) is 15.1. The molecule has 0 amide bonds. The molecule has 2 saturated carbocycles. The molecule has 2 aliphatic rings. The summed E-state index contributed by atoms with van der Waals surface area (Å²) in [5.74, 6) is 2.35. The fourth-order valence-electron chi connectivity index (χ4n) is 7.18. The summed E-state index contributed by atoms with van der Waals surface area (Å²) in [6.45, 7) is 3.01. The zero-order valence-corrected chi connectivity index (χ0v) is 28.6. The van der Waals surface area contributed by atoms with E-state index >= 15 is 0 Å². The monoisotopic (exact) mass is 637 g/mol. The Morgan fingerprint density at radius 3 is 2.24 bits per heavy atom. The number of thioether (sulfide) groups is 1. The van der Waals surface area contributed by atoms with Crippen molar-refractivity contribution < 1.29 is 5.11 Å². The predicted octanol–water partition coefficient (Wildman–Crippen LogP) is 8.65. The summed E-state index contributed by atoms with van der Waals surface area (Å²) in [6.07, 6.45) is 11.3. The lowest BCUT2D eigenvalue weighted by Gasteiger charge is -2.31. The molecule has 0 spiro atoms. The summed E-state index contributed by atoms with van der Waals surface area (Å²) < 4.78 is 0. The van der Waals surface area contributed by atoms with Gasteiger partial charge in [0, 0.05) is 48.3 Å². The average Bonchev–Trinajstić information content (AvgIpc) is 3.09. The molecular weight excluding hydrogens is 587 g/mol. The van der Waals surface area contributed by atoms with Crippen LogP contribution in [0.5, 0.6) is 0 Å². The number of hydrogen-bond acceptors (Lipinski definition) is 7. The van der Waals surface area contributed by atoms with E-state index in [0.29, 0.717) is 23.9 Å². The van der Waals surface area contributed by atoms with Gasteiger partial charge in [-0.25, -0.2) is 4.98 Å². The van der Waals surface area contributed by atoms with Gasteiger partial charge in [0.1, 0.15) is 5.82 Å². The lowest BCUT2D eigenvalue weighted by molar-refractivity contribution is 0.165. The maximum atomic E-state index is 11.4. The van der Waals surface area contributed by atoms with E-state index in [4.69, 9.17) is 9.97 Å². The summed E-state index contributed by atoms with van der Waals surface area (Å²) in [5, 5.41) is 20.3. The van der Waals surface area contributed by atoms with E-state index in [2.05, 4.69) is 83.1 Å². The Bertz CT molecular complexity index is 1530. The first kappa shape index (κ1) is 32.8. The Labute approximate surface area is 279 Å². The molecule has 2 unspecified atom stereocenters. The minimum atomic E-state index is -0.473. The van der Waals surface area contributed by atoms with Crippen molar-refractivity contribution in [2.24, 2.45) is 0 Å². The van der Waals surface area contributed by atoms with Crippen molar-refractivity contribution in [3.8, 4) is 0 Å². The number of para-hydroxylation sites is 1. The SMILES string of the molecule is Cc1ccc(SC(CNC2CCC(Nc3nc(N(C)C)c4ccccc4n3)CC2)CC(O)c2ccc(C3CCCCC3)cc2)cc1. The molecule has 6 nitrogen and oxygen atoms in total. The molecule has 2 aliphatic carbocycles. The summed E-state index contributed by atoms with van der Waals surface area (Å²) >= 11 is 1.89. The zero-order chi connectivity index (χ0) is 31.9. The second kappa shape index (κ2) is 15.6. The van der Waals surface area contributed by atoms with E-state index in [-0.39, 0.29) is 5.25 Å². The highest BCUT2D eigenvalue weighted by Crippen LogP contribution is 2.35. The van der Waals surface area contributed by atoms with Gasteiger partial charge in [0.05, 0.1) is 11.6 Å². The van der Waals surface area contributed by atoms with Gasteiger partial charge in [0.15, 0.2) is 0 Å². The number of aliphatic hydroxyl groups is 1. The van der Waals surface area contributed by atoms with Crippen molar-refractivity contribution in [3.63, 3.8) is 0 Å². The average molecular weight is 638 g/mol. The molecule has 2 fully saturated rings. The summed E-state index contributed by atoms with van der Waals surface area (Å²) in [7, 11) is 4.07. The minimum Gasteiger partial charge on any atom is -0.388 e. The van der Waals surface area contributed by atoms with E-state index in [9.17, 15) is 5.11 Å². The lowest BCUT2D eigenvalue weighted by atomic mass is 9.83. The van der Waals surface area contributed by atoms with Crippen LogP contribution in [0, 0.1) is 6.92 Å². The quantitative estimate of drug-likeness (QED) is 0.134. The molecule has 0 saturated heterocycles. The maximum Gasteiger partial charge on any atom is 0.225 e. The first-order chi connectivity index (χ1) is 22.4. The van der Waals surface area contributed by atoms with Crippen LogP contribution < -0.4 is 15.5 Å². The summed E-state index contributed by atoms with van der Waals surface area (Å²) in [6, 6.07) is 26.7. The van der Waals surface area contributed by atoms with Crippen molar-refractivity contribution in [2.45, 2.75) is 105 Å². The lowest BCUT2D eigenvalue weighted by Crippen LogP contribution is -2.40. The Kier molecular flexibility index (Phi) is 11.2. The molecular formula is C39H51N5OS. The van der Waals surface area contributed by atoms with Gasteiger partial charge in [0.2, 0.25) is 5.95 Å². The molecule has 1 heterocycles. The fraction of sp³-hybridized carbons (Fsp3) is 0.487. The minimum absolute atomic E-state index is 0.266. The number of rotatable bonds is 12. The van der Waals surface area contributed by atoms with Crippen LogP contribution in [0.15, 0.2) is 77.7 Å². The normalized spacial score (nSPS) is 20.3. The Morgan fingerprint density at radius 2 is 1.52 bits per heavy atom. The molecule has 0 bridgehead atoms. The molecule has 7 heteroatoms. The number of fused-ring (bicyclic) bond motifs is 1. The molecule has 0 aliphatic heterocycles. The molecule has 46 heavy (non-hydrogen) atoms. The van der Waals surface area contributed by atoms with E-state index in [1.165, 1.54) is 48.1 Å².